The van der Waals surface area contributed by atoms with E-state index >= 15 is 0 Å². The zero-order valence-corrected chi connectivity index (χ0v) is 15.6. The number of rotatable bonds is 7. The summed E-state index contributed by atoms with van der Waals surface area (Å²) in [5.41, 5.74) is 2.18. The number of unbranched alkanes of at least 4 members (excludes halogenated alkanes) is 3. The molecular formula is C22H22F3NO2. The van der Waals surface area contributed by atoms with Crippen molar-refractivity contribution in [2.45, 2.75) is 45.3 Å². The highest BCUT2D eigenvalue weighted by molar-refractivity contribution is 6.09. The number of para-hydroxylation sites is 1. The monoisotopic (exact) mass is 389 g/mol. The molecule has 1 heterocycles. The maximum atomic E-state index is 12.5. The predicted molar refractivity (Wildman–Crippen MR) is 105 cm³/mol. The molecule has 1 aromatic heterocycles. The number of nitrogens with zero attached hydrogens (tertiary/aromatic N) is 1. The van der Waals surface area contributed by atoms with Gasteiger partial charge in [-0.1, -0.05) is 44.4 Å². The highest BCUT2D eigenvalue weighted by Gasteiger charge is 2.37. The molecule has 0 atom stereocenters. The van der Waals surface area contributed by atoms with E-state index in [9.17, 15) is 23.1 Å². The Morgan fingerprint density at radius 3 is 2.46 bits per heavy atom. The fourth-order valence-corrected chi connectivity index (χ4v) is 3.44. The van der Waals surface area contributed by atoms with Crippen molar-refractivity contribution in [3.8, 4) is 0 Å². The number of fused-ring (bicyclic) bond motifs is 3. The number of carbonyl (C=O) groups is 1. The van der Waals surface area contributed by atoms with E-state index in [-0.39, 0.29) is 11.6 Å². The molecule has 3 nitrogen and oxygen atoms in total. The molecule has 0 fully saturated rings. The van der Waals surface area contributed by atoms with E-state index in [4.69, 9.17) is 0 Å². The van der Waals surface area contributed by atoms with Gasteiger partial charge in [0.1, 0.15) is 5.76 Å². The SMILES string of the molecule is CCCCCCn1c2ccccc2c2cc(/C(O)=C/C(=O)C(F)(F)F)ccc21. The maximum Gasteiger partial charge on any atom is 0.454 e. The van der Waals surface area contributed by atoms with Gasteiger partial charge < -0.3 is 9.67 Å². The summed E-state index contributed by atoms with van der Waals surface area (Å²) < 4.78 is 39.6. The Labute approximate surface area is 161 Å². The van der Waals surface area contributed by atoms with E-state index in [0.29, 0.717) is 0 Å². The lowest BCUT2D eigenvalue weighted by atomic mass is 10.1. The number of halogens is 3. The van der Waals surface area contributed by atoms with Crippen LogP contribution in [0.2, 0.25) is 0 Å². The van der Waals surface area contributed by atoms with Crippen molar-refractivity contribution in [2.75, 3.05) is 0 Å². The highest BCUT2D eigenvalue weighted by Crippen LogP contribution is 2.31. The van der Waals surface area contributed by atoms with Crippen LogP contribution in [0.3, 0.4) is 0 Å². The van der Waals surface area contributed by atoms with Crippen molar-refractivity contribution in [3.05, 3.63) is 54.1 Å². The number of aliphatic hydroxyl groups is 1. The summed E-state index contributed by atoms with van der Waals surface area (Å²) in [7, 11) is 0. The Hall–Kier alpha value is -2.76. The van der Waals surface area contributed by atoms with Crippen molar-refractivity contribution in [2.24, 2.45) is 0 Å². The minimum absolute atomic E-state index is 0.180. The molecule has 0 bridgehead atoms. The Bertz CT molecular complexity index is 1030. The number of aromatic nitrogens is 1. The van der Waals surface area contributed by atoms with Crippen LogP contribution < -0.4 is 0 Å². The van der Waals surface area contributed by atoms with Crippen LogP contribution in [0.15, 0.2) is 48.5 Å². The number of hydrogen-bond acceptors (Lipinski definition) is 2. The number of allylic oxidation sites excluding steroid dienone is 1. The van der Waals surface area contributed by atoms with E-state index < -0.39 is 17.7 Å². The van der Waals surface area contributed by atoms with Gasteiger partial charge in [0.2, 0.25) is 0 Å². The minimum Gasteiger partial charge on any atom is -0.507 e. The molecule has 3 rings (SSSR count). The first-order valence-corrected chi connectivity index (χ1v) is 9.36. The fourth-order valence-electron chi connectivity index (χ4n) is 3.44. The number of carbonyl (C=O) groups excluding carboxylic acids is 1. The molecule has 0 saturated heterocycles. The van der Waals surface area contributed by atoms with Crippen molar-refractivity contribution >= 4 is 33.3 Å². The van der Waals surface area contributed by atoms with Crippen molar-refractivity contribution in [1.29, 1.82) is 0 Å². The second kappa shape index (κ2) is 8.09. The van der Waals surface area contributed by atoms with Crippen LogP contribution in [0.25, 0.3) is 27.6 Å². The first-order chi connectivity index (χ1) is 13.3. The normalized spacial score (nSPS) is 12.8. The van der Waals surface area contributed by atoms with E-state index in [0.717, 1.165) is 47.6 Å². The second-order valence-electron chi connectivity index (χ2n) is 6.85. The topological polar surface area (TPSA) is 42.2 Å². The third-order valence-corrected chi connectivity index (χ3v) is 4.85. The van der Waals surface area contributed by atoms with Crippen LogP contribution in [0.4, 0.5) is 13.2 Å². The Kier molecular flexibility index (Phi) is 5.77. The van der Waals surface area contributed by atoms with Gasteiger partial charge in [0.25, 0.3) is 5.78 Å². The summed E-state index contributed by atoms with van der Waals surface area (Å²) in [5.74, 6) is -2.77. The smallest absolute Gasteiger partial charge is 0.454 e. The molecule has 0 spiro atoms. The van der Waals surface area contributed by atoms with Gasteiger partial charge in [0, 0.05) is 40.0 Å². The summed E-state index contributed by atoms with van der Waals surface area (Å²) >= 11 is 0. The van der Waals surface area contributed by atoms with Crippen molar-refractivity contribution < 1.29 is 23.1 Å². The summed E-state index contributed by atoms with van der Waals surface area (Å²) in [4.78, 5) is 11.1. The molecule has 1 N–H and O–H groups in total. The molecule has 0 aliphatic carbocycles. The Morgan fingerprint density at radius 1 is 1.04 bits per heavy atom. The largest absolute Gasteiger partial charge is 0.507 e. The standard InChI is InChI=1S/C22H22F3NO2/c1-2-3-4-7-12-26-18-9-6-5-8-16(18)17-13-15(10-11-19(17)26)20(27)14-21(28)22(23,24)25/h5-6,8-11,13-14,27H,2-4,7,12H2,1H3/b20-14-. The molecule has 6 heteroatoms. The Balaban J connectivity index is 2.03. The van der Waals surface area contributed by atoms with Gasteiger partial charge >= 0.3 is 6.18 Å². The molecule has 3 aromatic rings. The highest BCUT2D eigenvalue weighted by atomic mass is 19.4. The number of ketones is 1. The third-order valence-electron chi connectivity index (χ3n) is 4.85. The van der Waals surface area contributed by atoms with E-state index in [1.54, 1.807) is 18.2 Å². The van der Waals surface area contributed by atoms with Gasteiger partial charge in [0.05, 0.1) is 0 Å². The van der Waals surface area contributed by atoms with Gasteiger partial charge in [-0.3, -0.25) is 4.79 Å². The predicted octanol–water partition coefficient (Wildman–Crippen LogP) is 6.41. The molecule has 0 aliphatic heterocycles. The number of aryl methyl sites for hydroxylation is 1. The van der Waals surface area contributed by atoms with Gasteiger partial charge in [-0.25, -0.2) is 0 Å². The van der Waals surface area contributed by atoms with Crippen LogP contribution in [-0.4, -0.2) is 21.6 Å². The van der Waals surface area contributed by atoms with E-state index in [1.807, 2.05) is 24.3 Å². The fraction of sp³-hybridized carbons (Fsp3) is 0.318. The van der Waals surface area contributed by atoms with Gasteiger partial charge in [-0.2, -0.15) is 13.2 Å². The Morgan fingerprint density at radius 2 is 1.75 bits per heavy atom. The molecular weight excluding hydrogens is 367 g/mol. The van der Waals surface area contributed by atoms with E-state index in [1.165, 1.54) is 6.42 Å². The lowest BCUT2D eigenvalue weighted by Crippen LogP contribution is -2.20. The molecule has 0 saturated carbocycles. The first-order valence-electron chi connectivity index (χ1n) is 9.36. The maximum absolute atomic E-state index is 12.5. The number of aliphatic hydroxyl groups excluding tert-OH is 1. The molecule has 0 aliphatic rings. The quantitative estimate of drug-likeness (QED) is 0.288. The third kappa shape index (κ3) is 4.06. The first kappa shape index (κ1) is 20.0. The van der Waals surface area contributed by atoms with Gasteiger partial charge in [-0.05, 0) is 30.7 Å². The zero-order valence-electron chi connectivity index (χ0n) is 15.6. The van der Waals surface area contributed by atoms with Crippen LogP contribution in [0.5, 0.6) is 0 Å². The summed E-state index contributed by atoms with van der Waals surface area (Å²) in [6.45, 7) is 3.00. The molecule has 0 radical (unpaired) electrons. The summed E-state index contributed by atoms with van der Waals surface area (Å²) in [5, 5.41) is 11.8. The van der Waals surface area contributed by atoms with Crippen LogP contribution in [0, 0.1) is 0 Å². The summed E-state index contributed by atoms with van der Waals surface area (Å²) in [6, 6.07) is 12.8. The zero-order chi connectivity index (χ0) is 20.3. The van der Waals surface area contributed by atoms with E-state index in [2.05, 4.69) is 11.5 Å². The summed E-state index contributed by atoms with van der Waals surface area (Å²) in [6.07, 6.45) is -0.288. The van der Waals surface area contributed by atoms with Gasteiger partial charge in [0.15, 0.2) is 0 Å². The lowest BCUT2D eigenvalue weighted by molar-refractivity contribution is -0.165. The molecule has 148 valence electrons. The molecule has 0 unspecified atom stereocenters. The molecule has 0 amide bonds. The number of alkyl halides is 3. The lowest BCUT2D eigenvalue weighted by Gasteiger charge is -2.08. The molecule has 2 aromatic carbocycles. The molecule has 28 heavy (non-hydrogen) atoms. The van der Waals surface area contributed by atoms with Crippen LogP contribution >= 0.6 is 0 Å². The van der Waals surface area contributed by atoms with Crippen molar-refractivity contribution in [1.82, 2.24) is 4.57 Å². The minimum atomic E-state index is -5.01. The van der Waals surface area contributed by atoms with Gasteiger partial charge in [-0.15, -0.1) is 0 Å². The number of hydrogen-bond donors (Lipinski definition) is 1. The van der Waals surface area contributed by atoms with Crippen LogP contribution in [-0.2, 0) is 11.3 Å². The average Bonchev–Trinajstić information content (AvgIpc) is 2.98. The van der Waals surface area contributed by atoms with Crippen LogP contribution in [0.1, 0.15) is 38.2 Å². The average molecular weight is 389 g/mol. The van der Waals surface area contributed by atoms with Crippen molar-refractivity contribution in [3.63, 3.8) is 0 Å². The second-order valence-corrected chi connectivity index (χ2v) is 6.85. The number of benzene rings is 2.